The van der Waals surface area contributed by atoms with Crippen molar-refractivity contribution in [1.29, 1.82) is 0 Å². The van der Waals surface area contributed by atoms with Gasteiger partial charge in [0.15, 0.2) is 0 Å². The number of hydrogen-bond acceptors (Lipinski definition) is 0. The Hall–Kier alpha value is -2.22. The van der Waals surface area contributed by atoms with Crippen molar-refractivity contribution >= 4 is 48.1 Å². The molecule has 214 valence electrons. The fraction of sp³-hybridized carbons (Fsp3) is 0.211. The summed E-state index contributed by atoms with van der Waals surface area (Å²) in [6, 6.07) is 35.3. The maximum atomic E-state index is 4.93. The van der Waals surface area contributed by atoms with Gasteiger partial charge < -0.3 is 0 Å². The van der Waals surface area contributed by atoms with Crippen LogP contribution >= 0.6 is 17.0 Å². The van der Waals surface area contributed by atoms with E-state index in [9.17, 15) is 0 Å². The van der Waals surface area contributed by atoms with Crippen molar-refractivity contribution in [2.75, 3.05) is 0 Å². The molecule has 0 heterocycles. The maximum absolute atomic E-state index is 4.93. The third kappa shape index (κ3) is 8.45. The van der Waals surface area contributed by atoms with Gasteiger partial charge in [-0.15, -0.1) is 69.1 Å². The fourth-order valence-corrected chi connectivity index (χ4v) is 5.68. The van der Waals surface area contributed by atoms with Gasteiger partial charge in [-0.05, 0) is 61.1 Å². The van der Waals surface area contributed by atoms with Crippen LogP contribution in [0.3, 0.4) is 0 Å². The molecule has 0 aliphatic carbocycles. The second-order valence-electron chi connectivity index (χ2n) is 10.8. The van der Waals surface area contributed by atoms with Crippen LogP contribution in [0.1, 0.15) is 33.4 Å². The monoisotopic (exact) mass is 684 g/mol. The van der Waals surface area contributed by atoms with Crippen molar-refractivity contribution in [3.05, 3.63) is 130 Å². The van der Waals surface area contributed by atoms with E-state index >= 15 is 0 Å². The molecule has 4 heteroatoms. The average molecular weight is 687 g/mol. The Labute approximate surface area is 274 Å². The van der Waals surface area contributed by atoms with E-state index in [1.54, 1.807) is 0 Å². The minimum absolute atomic E-state index is 0.826. The molecule has 42 heavy (non-hydrogen) atoms. The van der Waals surface area contributed by atoms with Crippen molar-refractivity contribution in [3.8, 4) is 22.3 Å². The van der Waals surface area contributed by atoms with E-state index in [0.29, 0.717) is 0 Å². The Morgan fingerprint density at radius 3 is 1.12 bits per heavy atom. The standard InChI is InChI=1S/2C18H17.C2H6Si.2ClH.Zr/c2*1-12-10-15-8-5-9-16(17(15)11-12)18-13(2)6-4-7-14(18)3;1-3-2;;;/h2*4-11H,1-3H3;1-2H3;2*1H;/q2*-1;;;;+4/p-2. The molecule has 0 bridgehead atoms. The van der Waals surface area contributed by atoms with Crippen LogP contribution in [0.5, 0.6) is 0 Å². The molecule has 2 radical (unpaired) electrons. The van der Waals surface area contributed by atoms with Crippen LogP contribution < -0.4 is 0 Å². The topological polar surface area (TPSA) is 0 Å². The molecule has 0 N–H and O–H groups in total. The molecule has 0 saturated carbocycles. The summed E-state index contributed by atoms with van der Waals surface area (Å²) in [5, 5.41) is 5.42. The molecular formula is C38H40Cl2SiZr. The third-order valence-corrected chi connectivity index (χ3v) is 7.29. The van der Waals surface area contributed by atoms with Crippen LogP contribution in [0.4, 0.5) is 0 Å². The summed E-state index contributed by atoms with van der Waals surface area (Å²) in [6.45, 7) is 17.4. The van der Waals surface area contributed by atoms with Gasteiger partial charge >= 0.3 is 37.9 Å². The molecule has 0 fully saturated rings. The summed E-state index contributed by atoms with van der Waals surface area (Å²) in [5.74, 6) is 0. The van der Waals surface area contributed by atoms with E-state index in [1.165, 1.54) is 77.2 Å². The van der Waals surface area contributed by atoms with Gasteiger partial charge in [0, 0.05) is 9.52 Å². The number of halogens is 2. The summed E-state index contributed by atoms with van der Waals surface area (Å²) >= 11 is -0.826. The Kier molecular flexibility index (Phi) is 13.5. The first-order chi connectivity index (χ1) is 20.2. The van der Waals surface area contributed by atoms with Crippen LogP contribution in [0.15, 0.2) is 97.1 Å². The number of aryl methyl sites for hydroxylation is 6. The second-order valence-corrected chi connectivity index (χ2v) is 15.5. The molecule has 0 spiro atoms. The van der Waals surface area contributed by atoms with E-state index in [0.717, 1.165) is 9.52 Å². The zero-order valence-corrected chi connectivity index (χ0v) is 31.0. The van der Waals surface area contributed by atoms with E-state index in [4.69, 9.17) is 17.0 Å². The van der Waals surface area contributed by atoms with E-state index < -0.39 is 20.8 Å². The average Bonchev–Trinajstić information content (AvgIpc) is 3.51. The normalized spacial score (nSPS) is 10.1. The Morgan fingerprint density at radius 2 is 0.810 bits per heavy atom. The molecule has 6 aromatic rings. The number of rotatable bonds is 2. The number of benzene rings is 4. The first kappa shape index (κ1) is 34.3. The SMILES string of the molecule is C[Si]C.Cc1cc2c(-c3c(C)cccc3C)cccc2[cH-]1.Cc1cc2c(-c3c(C)cccc3C)cccc2[cH-]1.[Cl][Zr+2][Cl]. The molecule has 0 amide bonds. The van der Waals surface area contributed by atoms with Gasteiger partial charge in [0.1, 0.15) is 0 Å². The molecule has 0 unspecified atom stereocenters. The summed E-state index contributed by atoms with van der Waals surface area (Å²) in [4.78, 5) is 0. The van der Waals surface area contributed by atoms with E-state index in [-0.39, 0.29) is 0 Å². The first-order valence-corrected chi connectivity index (χ1v) is 22.5. The molecular weight excluding hydrogens is 647 g/mol. The number of fused-ring (bicyclic) bond motifs is 2. The predicted molar refractivity (Wildman–Crippen MR) is 188 cm³/mol. The summed E-state index contributed by atoms with van der Waals surface area (Å²) < 4.78 is 0. The van der Waals surface area contributed by atoms with E-state index in [2.05, 4.69) is 152 Å². The van der Waals surface area contributed by atoms with Crippen molar-refractivity contribution < 1.29 is 20.8 Å². The quantitative estimate of drug-likeness (QED) is 0.126. The zero-order chi connectivity index (χ0) is 30.8. The molecule has 6 rings (SSSR count). The molecule has 6 aromatic carbocycles. The van der Waals surface area contributed by atoms with Gasteiger partial charge in [0.25, 0.3) is 0 Å². The van der Waals surface area contributed by atoms with Crippen LogP contribution in [0.2, 0.25) is 13.1 Å². The van der Waals surface area contributed by atoms with Gasteiger partial charge in [-0.2, -0.15) is 12.1 Å². The summed E-state index contributed by atoms with van der Waals surface area (Å²) in [5.41, 5.74) is 13.5. The van der Waals surface area contributed by atoms with Gasteiger partial charge in [0.05, 0.1) is 0 Å². The van der Waals surface area contributed by atoms with Crippen molar-refractivity contribution in [1.82, 2.24) is 0 Å². The Balaban J connectivity index is 0.000000195. The predicted octanol–water partition coefficient (Wildman–Crippen LogP) is 12.5. The van der Waals surface area contributed by atoms with Crippen molar-refractivity contribution in [2.24, 2.45) is 0 Å². The molecule has 0 saturated heterocycles. The Morgan fingerprint density at radius 1 is 0.524 bits per heavy atom. The van der Waals surface area contributed by atoms with E-state index in [1.807, 2.05) is 0 Å². The van der Waals surface area contributed by atoms with Crippen LogP contribution in [-0.2, 0) is 20.8 Å². The molecule has 0 nitrogen and oxygen atoms in total. The van der Waals surface area contributed by atoms with Gasteiger partial charge in [0.2, 0.25) is 0 Å². The third-order valence-electron chi connectivity index (χ3n) is 7.29. The van der Waals surface area contributed by atoms with Gasteiger partial charge in [-0.1, -0.05) is 86.6 Å². The van der Waals surface area contributed by atoms with Crippen molar-refractivity contribution in [2.45, 2.75) is 54.6 Å². The zero-order valence-electron chi connectivity index (χ0n) is 26.0. The number of hydrogen-bond donors (Lipinski definition) is 0. The summed E-state index contributed by atoms with van der Waals surface area (Å²) in [6.07, 6.45) is 0. The van der Waals surface area contributed by atoms with Crippen LogP contribution in [0.25, 0.3) is 43.8 Å². The van der Waals surface area contributed by atoms with Crippen LogP contribution in [-0.4, -0.2) is 9.52 Å². The Bertz CT molecular complexity index is 1570. The van der Waals surface area contributed by atoms with Crippen molar-refractivity contribution in [3.63, 3.8) is 0 Å². The van der Waals surface area contributed by atoms with Gasteiger partial charge in [-0.3, -0.25) is 0 Å². The fourth-order valence-electron chi connectivity index (χ4n) is 5.68. The van der Waals surface area contributed by atoms with Crippen LogP contribution in [0, 0.1) is 41.5 Å². The molecule has 0 aliphatic heterocycles. The molecule has 0 atom stereocenters. The first-order valence-electron chi connectivity index (χ1n) is 14.2. The van der Waals surface area contributed by atoms with Gasteiger partial charge in [-0.25, -0.2) is 0 Å². The molecule has 0 aromatic heterocycles. The second kappa shape index (κ2) is 16.6. The molecule has 0 aliphatic rings. The minimum atomic E-state index is -0.826. The summed E-state index contributed by atoms with van der Waals surface area (Å²) in [7, 11) is 11.0.